The third-order valence-electron chi connectivity index (χ3n) is 4.23. The Morgan fingerprint density at radius 1 is 1.30 bits per heavy atom. The first kappa shape index (κ1) is 13.1. The van der Waals surface area contributed by atoms with Crippen molar-refractivity contribution in [1.29, 1.82) is 0 Å². The minimum Gasteiger partial charge on any atom is -0.511 e. The topological polar surface area (TPSA) is 83.0 Å². The van der Waals surface area contributed by atoms with Crippen LogP contribution in [0.3, 0.4) is 0 Å². The maximum absolute atomic E-state index is 12.2. The zero-order valence-electron chi connectivity index (χ0n) is 11.7. The van der Waals surface area contributed by atoms with E-state index >= 15 is 0 Å². The summed E-state index contributed by atoms with van der Waals surface area (Å²) in [7, 11) is 0. The third-order valence-corrected chi connectivity index (χ3v) is 4.23. The number of aryl methyl sites for hydroxylation is 2. The monoisotopic (exact) mass is 274 g/mol. The molecule has 2 aliphatic carbocycles. The fourth-order valence-electron chi connectivity index (χ4n) is 3.09. The Kier molecular flexibility index (Phi) is 3.00. The predicted molar refractivity (Wildman–Crippen MR) is 72.4 cm³/mol. The van der Waals surface area contributed by atoms with Crippen molar-refractivity contribution in [3.05, 3.63) is 28.3 Å². The van der Waals surface area contributed by atoms with Crippen LogP contribution in [-0.4, -0.2) is 26.9 Å². The highest BCUT2D eigenvalue weighted by Crippen LogP contribution is 2.40. The van der Waals surface area contributed by atoms with E-state index in [1.807, 2.05) is 13.8 Å². The molecule has 1 aromatic heterocycles. The van der Waals surface area contributed by atoms with Crippen molar-refractivity contribution < 1.29 is 14.7 Å². The number of hydrogen-bond donors (Lipinski definition) is 2. The average molecular weight is 274 g/mol. The lowest BCUT2D eigenvalue weighted by Gasteiger charge is -2.23. The number of carbonyl (C=O) groups is 2. The largest absolute Gasteiger partial charge is 0.511 e. The molecule has 0 spiro atoms. The van der Waals surface area contributed by atoms with E-state index in [1.165, 1.54) is 0 Å². The van der Waals surface area contributed by atoms with Gasteiger partial charge in [-0.05, 0) is 32.3 Å². The molecule has 0 radical (unpaired) electrons. The molecule has 5 nitrogen and oxygen atoms in total. The van der Waals surface area contributed by atoms with Crippen LogP contribution >= 0.6 is 0 Å². The Bertz CT molecular complexity index is 604. The fraction of sp³-hybridized carbons (Fsp3) is 0.533. The normalized spacial score (nSPS) is 23.3. The van der Waals surface area contributed by atoms with E-state index in [-0.39, 0.29) is 41.2 Å². The zero-order valence-corrected chi connectivity index (χ0v) is 11.7. The summed E-state index contributed by atoms with van der Waals surface area (Å²) in [4.78, 5) is 24.3. The van der Waals surface area contributed by atoms with Crippen LogP contribution in [0, 0.1) is 19.8 Å². The van der Waals surface area contributed by atoms with E-state index in [0.29, 0.717) is 6.42 Å². The second kappa shape index (κ2) is 4.58. The Morgan fingerprint density at radius 2 is 2.00 bits per heavy atom. The molecular weight excluding hydrogens is 256 g/mol. The SMILES string of the molecule is Cc1n[nH]c(C)c1C1CC(=O)C(C(=O)C2CC2)=C(O)C1. The molecule has 20 heavy (non-hydrogen) atoms. The molecule has 1 atom stereocenters. The van der Waals surface area contributed by atoms with Crippen LogP contribution in [0.4, 0.5) is 0 Å². The molecule has 1 saturated carbocycles. The van der Waals surface area contributed by atoms with Gasteiger partial charge >= 0.3 is 0 Å². The zero-order chi connectivity index (χ0) is 14.4. The van der Waals surface area contributed by atoms with Crippen LogP contribution in [0.5, 0.6) is 0 Å². The molecule has 3 rings (SSSR count). The molecule has 1 aromatic rings. The molecule has 2 aliphatic rings. The van der Waals surface area contributed by atoms with Crippen molar-refractivity contribution in [2.45, 2.75) is 45.4 Å². The van der Waals surface area contributed by atoms with Gasteiger partial charge in [0.2, 0.25) is 0 Å². The third kappa shape index (κ3) is 2.07. The van der Waals surface area contributed by atoms with Crippen LogP contribution < -0.4 is 0 Å². The highest BCUT2D eigenvalue weighted by atomic mass is 16.3. The summed E-state index contributed by atoms with van der Waals surface area (Å²) in [5, 5.41) is 17.2. The van der Waals surface area contributed by atoms with Gasteiger partial charge in [-0.25, -0.2) is 0 Å². The minimum atomic E-state index is -0.226. The molecule has 0 aromatic carbocycles. The number of ketones is 2. The molecular formula is C15H18N2O3. The number of aliphatic hydroxyl groups excluding tert-OH is 1. The molecule has 1 heterocycles. The Hall–Kier alpha value is -1.91. The molecule has 0 aliphatic heterocycles. The van der Waals surface area contributed by atoms with Crippen molar-refractivity contribution in [2.24, 2.45) is 5.92 Å². The van der Waals surface area contributed by atoms with Gasteiger partial charge in [0.15, 0.2) is 11.6 Å². The predicted octanol–water partition coefficient (Wildman–Crippen LogP) is 2.26. The van der Waals surface area contributed by atoms with Crippen LogP contribution in [0.25, 0.3) is 0 Å². The van der Waals surface area contributed by atoms with Gasteiger partial charge in [0.05, 0.1) is 11.3 Å². The highest BCUT2D eigenvalue weighted by Gasteiger charge is 2.40. The summed E-state index contributed by atoms with van der Waals surface area (Å²) >= 11 is 0. The number of allylic oxidation sites excluding steroid dienone is 2. The summed E-state index contributed by atoms with van der Waals surface area (Å²) in [6.45, 7) is 3.79. The van der Waals surface area contributed by atoms with Gasteiger partial charge in [0.1, 0.15) is 5.76 Å². The number of carbonyl (C=O) groups excluding carboxylic acids is 2. The summed E-state index contributed by atoms with van der Waals surface area (Å²) in [5.41, 5.74) is 2.82. The van der Waals surface area contributed by atoms with Crippen LogP contribution in [0.1, 0.15) is 48.6 Å². The number of rotatable bonds is 3. The number of aliphatic hydroxyl groups is 1. The van der Waals surface area contributed by atoms with Crippen molar-refractivity contribution in [3.8, 4) is 0 Å². The molecule has 106 valence electrons. The highest BCUT2D eigenvalue weighted by molar-refractivity contribution is 6.22. The molecule has 1 fully saturated rings. The van der Waals surface area contributed by atoms with Gasteiger partial charge in [0, 0.05) is 30.4 Å². The van der Waals surface area contributed by atoms with Gasteiger partial charge in [-0.3, -0.25) is 14.7 Å². The maximum atomic E-state index is 12.2. The number of H-pyrrole nitrogens is 1. The van der Waals surface area contributed by atoms with Gasteiger partial charge in [-0.1, -0.05) is 0 Å². The molecule has 1 unspecified atom stereocenters. The molecule has 0 saturated heterocycles. The number of aromatic amines is 1. The first-order chi connectivity index (χ1) is 9.49. The maximum Gasteiger partial charge on any atom is 0.172 e. The lowest BCUT2D eigenvalue weighted by atomic mass is 9.80. The van der Waals surface area contributed by atoms with E-state index in [2.05, 4.69) is 10.2 Å². The van der Waals surface area contributed by atoms with E-state index in [4.69, 9.17) is 0 Å². The fourth-order valence-corrected chi connectivity index (χ4v) is 3.09. The molecule has 0 amide bonds. The first-order valence-electron chi connectivity index (χ1n) is 7.00. The van der Waals surface area contributed by atoms with Gasteiger partial charge in [-0.2, -0.15) is 5.10 Å². The van der Waals surface area contributed by atoms with Gasteiger partial charge in [-0.15, -0.1) is 0 Å². The van der Waals surface area contributed by atoms with Crippen molar-refractivity contribution in [2.75, 3.05) is 0 Å². The van der Waals surface area contributed by atoms with Gasteiger partial charge < -0.3 is 5.11 Å². The molecule has 2 N–H and O–H groups in total. The number of aromatic nitrogens is 2. The van der Waals surface area contributed by atoms with E-state index in [0.717, 1.165) is 29.8 Å². The standard InChI is InChI=1S/C15H18N2O3/c1-7-13(8(2)17-16-7)10-5-11(18)14(12(19)6-10)15(20)9-3-4-9/h9-10,18H,3-6H2,1-2H3,(H,16,17). The number of nitrogens with zero attached hydrogens (tertiary/aromatic N) is 1. The Labute approximate surface area is 117 Å². The van der Waals surface area contributed by atoms with Crippen LogP contribution in [0.2, 0.25) is 0 Å². The Balaban J connectivity index is 1.91. The van der Waals surface area contributed by atoms with E-state index < -0.39 is 0 Å². The summed E-state index contributed by atoms with van der Waals surface area (Å²) in [5.74, 6) is -0.549. The first-order valence-corrected chi connectivity index (χ1v) is 7.00. The summed E-state index contributed by atoms with van der Waals surface area (Å²) < 4.78 is 0. The smallest absolute Gasteiger partial charge is 0.172 e. The van der Waals surface area contributed by atoms with Crippen molar-refractivity contribution in [3.63, 3.8) is 0 Å². The van der Waals surface area contributed by atoms with Crippen LogP contribution in [0.15, 0.2) is 11.3 Å². The van der Waals surface area contributed by atoms with E-state index in [1.54, 1.807) is 0 Å². The van der Waals surface area contributed by atoms with Gasteiger partial charge in [0.25, 0.3) is 0 Å². The number of nitrogens with one attached hydrogen (secondary N) is 1. The number of Topliss-reactive ketones (excluding diaryl/α,β-unsaturated/α-hetero) is 2. The molecule has 0 bridgehead atoms. The second-order valence-electron chi connectivity index (χ2n) is 5.84. The Morgan fingerprint density at radius 3 is 2.50 bits per heavy atom. The average Bonchev–Trinajstić information content (AvgIpc) is 3.15. The summed E-state index contributed by atoms with van der Waals surface area (Å²) in [6.07, 6.45) is 2.30. The second-order valence-corrected chi connectivity index (χ2v) is 5.84. The van der Waals surface area contributed by atoms with Crippen molar-refractivity contribution >= 4 is 11.6 Å². The summed E-state index contributed by atoms with van der Waals surface area (Å²) in [6, 6.07) is 0. The number of hydrogen-bond acceptors (Lipinski definition) is 4. The van der Waals surface area contributed by atoms with Crippen molar-refractivity contribution in [1.82, 2.24) is 10.2 Å². The quantitative estimate of drug-likeness (QED) is 0.828. The minimum absolute atomic E-state index is 0.0370. The lowest BCUT2D eigenvalue weighted by Crippen LogP contribution is -2.25. The molecule has 5 heteroatoms. The lowest BCUT2D eigenvalue weighted by molar-refractivity contribution is -0.123. The van der Waals surface area contributed by atoms with E-state index in [9.17, 15) is 14.7 Å². The van der Waals surface area contributed by atoms with Crippen LogP contribution in [-0.2, 0) is 9.59 Å².